The summed E-state index contributed by atoms with van der Waals surface area (Å²) in [5, 5.41) is 9.59. The van der Waals surface area contributed by atoms with Gasteiger partial charge in [-0.25, -0.2) is 0 Å². The number of aromatic nitrogens is 3. The van der Waals surface area contributed by atoms with Crippen LogP contribution in [0.25, 0.3) is 0 Å². The minimum absolute atomic E-state index is 0.0523. The number of rotatable bonds is 8. The molecule has 0 radical (unpaired) electrons. The molecule has 8 heteroatoms. The van der Waals surface area contributed by atoms with Crippen LogP contribution in [0.4, 0.5) is 11.6 Å². The third kappa shape index (κ3) is 4.53. The highest BCUT2D eigenvalue weighted by Crippen LogP contribution is 2.27. The van der Waals surface area contributed by atoms with Gasteiger partial charge in [0.15, 0.2) is 5.16 Å². The average Bonchev–Trinajstić information content (AvgIpc) is 3.50. The van der Waals surface area contributed by atoms with E-state index in [1.807, 2.05) is 61.2 Å². The van der Waals surface area contributed by atoms with E-state index in [1.165, 1.54) is 11.8 Å². The first kappa shape index (κ1) is 20.5. The van der Waals surface area contributed by atoms with E-state index in [1.54, 1.807) is 6.26 Å². The minimum Gasteiger partial charge on any atom is -0.467 e. The minimum atomic E-state index is 0.0523. The smallest absolute Gasteiger partial charge is 0.237 e. The van der Waals surface area contributed by atoms with Crippen molar-refractivity contribution in [2.45, 2.75) is 44.4 Å². The molecule has 1 aliphatic heterocycles. The van der Waals surface area contributed by atoms with Crippen molar-refractivity contribution in [3.8, 4) is 0 Å². The molecular weight excluding hydrogens is 398 g/mol. The molecule has 0 saturated carbocycles. The van der Waals surface area contributed by atoms with Crippen molar-refractivity contribution < 1.29 is 9.21 Å². The van der Waals surface area contributed by atoms with E-state index in [0.29, 0.717) is 12.3 Å². The fourth-order valence-electron chi connectivity index (χ4n) is 3.75. The Balaban J connectivity index is 1.52. The number of anilines is 2. The molecule has 158 valence electrons. The molecule has 0 spiro atoms. The predicted molar refractivity (Wildman–Crippen MR) is 119 cm³/mol. The standard InChI is InChI=1S/C22H27N5O2S/c1-17(2)27(18-9-4-3-5-10-18)20(28)16-30-22-24-23-21(25-12-6-7-13-25)26(22)15-19-11-8-14-29-19/h3-5,8-11,14,17H,6-7,12-13,15-16H2,1-2H3. The fraction of sp³-hybridized carbons (Fsp3) is 0.409. The number of hydrogen-bond donors (Lipinski definition) is 0. The highest BCUT2D eigenvalue weighted by Gasteiger charge is 2.24. The molecule has 1 aliphatic rings. The lowest BCUT2D eigenvalue weighted by molar-refractivity contribution is -0.116. The number of benzene rings is 1. The summed E-state index contributed by atoms with van der Waals surface area (Å²) in [4.78, 5) is 17.2. The monoisotopic (exact) mass is 425 g/mol. The number of furan rings is 1. The van der Waals surface area contributed by atoms with Gasteiger partial charge in [-0.15, -0.1) is 10.2 Å². The molecule has 1 saturated heterocycles. The van der Waals surface area contributed by atoms with Gasteiger partial charge in [-0.2, -0.15) is 0 Å². The predicted octanol–water partition coefficient (Wildman–Crippen LogP) is 4.05. The van der Waals surface area contributed by atoms with Crippen molar-refractivity contribution in [3.05, 3.63) is 54.5 Å². The zero-order chi connectivity index (χ0) is 20.9. The van der Waals surface area contributed by atoms with Gasteiger partial charge in [0.2, 0.25) is 11.9 Å². The van der Waals surface area contributed by atoms with Gasteiger partial charge in [-0.3, -0.25) is 9.36 Å². The molecule has 0 bridgehead atoms. The van der Waals surface area contributed by atoms with Gasteiger partial charge in [-0.1, -0.05) is 30.0 Å². The van der Waals surface area contributed by atoms with Crippen molar-refractivity contribution in [1.29, 1.82) is 0 Å². The van der Waals surface area contributed by atoms with Gasteiger partial charge < -0.3 is 14.2 Å². The Labute approximate surface area is 181 Å². The third-order valence-corrected chi connectivity index (χ3v) is 6.08. The summed E-state index contributed by atoms with van der Waals surface area (Å²) in [6.45, 7) is 6.57. The highest BCUT2D eigenvalue weighted by molar-refractivity contribution is 7.99. The first-order valence-corrected chi connectivity index (χ1v) is 11.3. The summed E-state index contributed by atoms with van der Waals surface area (Å²) in [7, 11) is 0. The number of nitrogens with zero attached hydrogens (tertiary/aromatic N) is 5. The molecule has 30 heavy (non-hydrogen) atoms. The first-order valence-electron chi connectivity index (χ1n) is 10.3. The van der Waals surface area contributed by atoms with E-state index in [4.69, 9.17) is 4.42 Å². The molecule has 0 unspecified atom stereocenters. The largest absolute Gasteiger partial charge is 0.467 e. The van der Waals surface area contributed by atoms with Crippen LogP contribution in [-0.4, -0.2) is 45.6 Å². The van der Waals surface area contributed by atoms with E-state index >= 15 is 0 Å². The zero-order valence-electron chi connectivity index (χ0n) is 17.4. The molecule has 1 aromatic carbocycles. The Bertz CT molecular complexity index is 949. The Hall–Kier alpha value is -2.74. The van der Waals surface area contributed by atoms with Gasteiger partial charge in [0.1, 0.15) is 5.76 Å². The Kier molecular flexibility index (Phi) is 6.42. The van der Waals surface area contributed by atoms with Gasteiger partial charge in [0.05, 0.1) is 18.6 Å². The quantitative estimate of drug-likeness (QED) is 0.507. The Morgan fingerprint density at radius 1 is 1.13 bits per heavy atom. The van der Waals surface area contributed by atoms with Crippen LogP contribution >= 0.6 is 11.8 Å². The molecule has 1 fully saturated rings. The molecule has 1 amide bonds. The second kappa shape index (κ2) is 9.38. The second-order valence-corrected chi connectivity index (χ2v) is 8.57. The number of carbonyl (C=O) groups is 1. The summed E-state index contributed by atoms with van der Waals surface area (Å²) < 4.78 is 7.61. The molecule has 7 nitrogen and oxygen atoms in total. The van der Waals surface area contributed by atoms with Crippen molar-refractivity contribution >= 4 is 29.3 Å². The average molecular weight is 426 g/mol. The van der Waals surface area contributed by atoms with Crippen LogP contribution in [0.2, 0.25) is 0 Å². The van der Waals surface area contributed by atoms with Crippen LogP contribution in [0.15, 0.2) is 58.3 Å². The topological polar surface area (TPSA) is 67.4 Å². The second-order valence-electron chi connectivity index (χ2n) is 7.62. The molecule has 3 heterocycles. The maximum absolute atomic E-state index is 13.1. The van der Waals surface area contributed by atoms with Gasteiger partial charge in [0.25, 0.3) is 0 Å². The lowest BCUT2D eigenvalue weighted by atomic mass is 10.2. The van der Waals surface area contributed by atoms with Crippen LogP contribution in [0.1, 0.15) is 32.4 Å². The molecule has 0 N–H and O–H groups in total. The summed E-state index contributed by atoms with van der Waals surface area (Å²) >= 11 is 1.43. The normalized spacial score (nSPS) is 13.9. The number of thioether (sulfide) groups is 1. The molecule has 0 aliphatic carbocycles. The molecular formula is C22H27N5O2S. The highest BCUT2D eigenvalue weighted by atomic mass is 32.2. The van der Waals surface area contributed by atoms with Gasteiger partial charge in [-0.05, 0) is 51.0 Å². The Morgan fingerprint density at radius 3 is 2.57 bits per heavy atom. The molecule has 3 aromatic rings. The summed E-state index contributed by atoms with van der Waals surface area (Å²) in [6.07, 6.45) is 4.00. The number of hydrogen-bond acceptors (Lipinski definition) is 6. The Morgan fingerprint density at radius 2 is 1.90 bits per heavy atom. The first-order chi connectivity index (χ1) is 14.6. The fourth-order valence-corrected chi connectivity index (χ4v) is 4.54. The van der Waals surface area contributed by atoms with Gasteiger partial charge in [0, 0.05) is 24.8 Å². The summed E-state index contributed by atoms with van der Waals surface area (Å²) in [6, 6.07) is 13.7. The lowest BCUT2D eigenvalue weighted by Crippen LogP contribution is -2.38. The van der Waals surface area contributed by atoms with Crippen molar-refractivity contribution in [3.63, 3.8) is 0 Å². The summed E-state index contributed by atoms with van der Waals surface area (Å²) in [5.41, 5.74) is 0.910. The van der Waals surface area contributed by atoms with Crippen molar-refractivity contribution in [2.75, 3.05) is 28.6 Å². The van der Waals surface area contributed by atoms with E-state index in [-0.39, 0.29) is 11.9 Å². The van der Waals surface area contributed by atoms with Crippen molar-refractivity contribution in [2.24, 2.45) is 0 Å². The van der Waals surface area contributed by atoms with Crippen LogP contribution in [0.5, 0.6) is 0 Å². The van der Waals surface area contributed by atoms with E-state index < -0.39 is 0 Å². The summed E-state index contributed by atoms with van der Waals surface area (Å²) in [5.74, 6) is 2.04. The maximum atomic E-state index is 13.1. The van der Waals surface area contributed by atoms with Crippen molar-refractivity contribution in [1.82, 2.24) is 14.8 Å². The molecule has 2 aromatic heterocycles. The number of para-hydroxylation sites is 1. The zero-order valence-corrected chi connectivity index (χ0v) is 18.2. The van der Waals surface area contributed by atoms with Gasteiger partial charge >= 0.3 is 0 Å². The van der Waals surface area contributed by atoms with E-state index in [9.17, 15) is 4.79 Å². The third-order valence-electron chi connectivity index (χ3n) is 5.12. The van der Waals surface area contributed by atoms with Crippen LogP contribution < -0.4 is 9.80 Å². The molecule has 4 rings (SSSR count). The lowest BCUT2D eigenvalue weighted by Gasteiger charge is -2.26. The number of carbonyl (C=O) groups excluding carboxylic acids is 1. The van der Waals surface area contributed by atoms with Crippen LogP contribution in [0.3, 0.4) is 0 Å². The van der Waals surface area contributed by atoms with E-state index in [0.717, 1.165) is 48.5 Å². The molecule has 0 atom stereocenters. The van der Waals surface area contributed by atoms with Crippen LogP contribution in [0, 0.1) is 0 Å². The maximum Gasteiger partial charge on any atom is 0.237 e. The number of amides is 1. The van der Waals surface area contributed by atoms with E-state index in [2.05, 4.69) is 19.7 Å². The SMILES string of the molecule is CC(C)N(C(=O)CSc1nnc(N2CCCC2)n1Cc1ccco1)c1ccccc1. The van der Waals surface area contributed by atoms with Crippen LogP contribution in [-0.2, 0) is 11.3 Å².